The zero-order valence-corrected chi connectivity index (χ0v) is 10.3. The molecule has 3 heterocycles. The third-order valence-corrected chi connectivity index (χ3v) is 3.13. The maximum Gasteiger partial charge on any atom is 0.259 e. The molecule has 2 aromatic rings. The van der Waals surface area contributed by atoms with E-state index in [0.29, 0.717) is 18.9 Å². The van der Waals surface area contributed by atoms with E-state index in [4.69, 9.17) is 4.74 Å². The third kappa shape index (κ3) is 1.97. The standard InChI is InChI=1S/C13H15N3O2/c1-10-2-3-11-14-12(8-13(17)16(11)9-10)15-4-6-18-7-5-15/h2-3,8-9H,4-7H2,1H3. The molecule has 0 bridgehead atoms. The Morgan fingerprint density at radius 2 is 2.06 bits per heavy atom. The molecule has 1 fully saturated rings. The summed E-state index contributed by atoms with van der Waals surface area (Å²) in [6.45, 7) is 4.91. The second-order valence-electron chi connectivity index (χ2n) is 4.49. The van der Waals surface area contributed by atoms with Crippen LogP contribution in [-0.2, 0) is 4.74 Å². The van der Waals surface area contributed by atoms with E-state index < -0.39 is 0 Å². The molecule has 1 aliphatic heterocycles. The number of nitrogens with zero attached hydrogens (tertiary/aromatic N) is 3. The fourth-order valence-electron chi connectivity index (χ4n) is 2.15. The van der Waals surface area contributed by atoms with Gasteiger partial charge < -0.3 is 9.64 Å². The third-order valence-electron chi connectivity index (χ3n) is 3.13. The summed E-state index contributed by atoms with van der Waals surface area (Å²) >= 11 is 0. The normalized spacial score (nSPS) is 16.2. The monoisotopic (exact) mass is 245 g/mol. The van der Waals surface area contributed by atoms with Gasteiger partial charge in [0.05, 0.1) is 13.2 Å². The van der Waals surface area contributed by atoms with Crippen molar-refractivity contribution in [1.82, 2.24) is 9.38 Å². The molecule has 0 aromatic carbocycles. The van der Waals surface area contributed by atoms with E-state index >= 15 is 0 Å². The first kappa shape index (κ1) is 11.2. The van der Waals surface area contributed by atoms with E-state index in [1.54, 1.807) is 10.5 Å². The molecule has 3 rings (SSSR count). The number of pyridine rings is 1. The van der Waals surface area contributed by atoms with Crippen molar-refractivity contribution in [2.24, 2.45) is 0 Å². The Bertz CT molecular complexity index is 630. The van der Waals surface area contributed by atoms with Crippen LogP contribution < -0.4 is 10.5 Å². The lowest BCUT2D eigenvalue weighted by atomic mass is 10.3. The Hall–Kier alpha value is -1.88. The Labute approximate surface area is 105 Å². The average molecular weight is 245 g/mol. The highest BCUT2D eigenvalue weighted by Crippen LogP contribution is 2.12. The van der Waals surface area contributed by atoms with Crippen molar-refractivity contribution in [2.45, 2.75) is 6.92 Å². The first-order valence-electron chi connectivity index (χ1n) is 6.07. The van der Waals surface area contributed by atoms with Crippen molar-refractivity contribution in [3.63, 3.8) is 0 Å². The van der Waals surface area contributed by atoms with E-state index in [1.807, 2.05) is 25.3 Å². The molecule has 5 nitrogen and oxygen atoms in total. The summed E-state index contributed by atoms with van der Waals surface area (Å²) in [6, 6.07) is 5.43. The fraction of sp³-hybridized carbons (Fsp3) is 0.385. The van der Waals surface area contributed by atoms with Crippen molar-refractivity contribution >= 4 is 11.5 Å². The summed E-state index contributed by atoms with van der Waals surface area (Å²) in [7, 11) is 0. The van der Waals surface area contributed by atoms with Crippen LogP contribution in [0.3, 0.4) is 0 Å². The van der Waals surface area contributed by atoms with Crippen molar-refractivity contribution in [1.29, 1.82) is 0 Å². The van der Waals surface area contributed by atoms with Crippen LogP contribution in [0, 0.1) is 6.92 Å². The predicted molar refractivity (Wildman–Crippen MR) is 69.2 cm³/mol. The van der Waals surface area contributed by atoms with E-state index in [-0.39, 0.29) is 5.56 Å². The number of hydrogen-bond acceptors (Lipinski definition) is 4. The van der Waals surface area contributed by atoms with Crippen LogP contribution >= 0.6 is 0 Å². The summed E-state index contributed by atoms with van der Waals surface area (Å²) in [5, 5.41) is 0. The van der Waals surface area contributed by atoms with Gasteiger partial charge in [-0.2, -0.15) is 0 Å². The molecular formula is C13H15N3O2. The number of morpholine rings is 1. The Balaban J connectivity index is 2.09. The smallest absolute Gasteiger partial charge is 0.259 e. The molecule has 2 aromatic heterocycles. The lowest BCUT2D eigenvalue weighted by molar-refractivity contribution is 0.122. The van der Waals surface area contributed by atoms with Gasteiger partial charge in [-0.1, -0.05) is 6.07 Å². The molecule has 0 N–H and O–H groups in total. The zero-order chi connectivity index (χ0) is 12.5. The molecule has 94 valence electrons. The Kier molecular flexibility index (Phi) is 2.76. The summed E-state index contributed by atoms with van der Waals surface area (Å²) in [5.74, 6) is 0.743. The molecule has 1 aliphatic rings. The predicted octanol–water partition coefficient (Wildman–Crippen LogP) is 0.840. The van der Waals surface area contributed by atoms with Gasteiger partial charge in [0, 0.05) is 25.4 Å². The molecule has 1 saturated heterocycles. The first-order valence-corrected chi connectivity index (χ1v) is 6.07. The molecule has 0 amide bonds. The number of ether oxygens (including phenoxy) is 1. The minimum atomic E-state index is -0.0369. The zero-order valence-electron chi connectivity index (χ0n) is 10.3. The molecule has 0 radical (unpaired) electrons. The number of aromatic nitrogens is 2. The lowest BCUT2D eigenvalue weighted by Crippen LogP contribution is -2.37. The lowest BCUT2D eigenvalue weighted by Gasteiger charge is -2.27. The SMILES string of the molecule is Cc1ccc2nc(N3CCOCC3)cc(=O)n2c1. The molecule has 0 atom stereocenters. The molecule has 5 heteroatoms. The highest BCUT2D eigenvalue weighted by molar-refractivity contribution is 5.48. The van der Waals surface area contributed by atoms with Gasteiger partial charge in [0.2, 0.25) is 0 Å². The molecular weight excluding hydrogens is 230 g/mol. The van der Waals surface area contributed by atoms with Crippen LogP contribution in [0.2, 0.25) is 0 Å². The van der Waals surface area contributed by atoms with Crippen LogP contribution in [0.15, 0.2) is 29.2 Å². The van der Waals surface area contributed by atoms with Gasteiger partial charge in [-0.25, -0.2) is 4.98 Å². The Morgan fingerprint density at radius 1 is 1.28 bits per heavy atom. The number of hydrogen-bond donors (Lipinski definition) is 0. The average Bonchev–Trinajstić information content (AvgIpc) is 2.40. The molecule has 18 heavy (non-hydrogen) atoms. The van der Waals surface area contributed by atoms with Crippen LogP contribution in [0.4, 0.5) is 5.82 Å². The summed E-state index contributed by atoms with van der Waals surface area (Å²) in [6.07, 6.45) is 1.81. The number of anilines is 1. The van der Waals surface area contributed by atoms with Gasteiger partial charge in [0.15, 0.2) is 0 Å². The largest absolute Gasteiger partial charge is 0.378 e. The van der Waals surface area contributed by atoms with E-state index in [1.165, 1.54) is 0 Å². The second kappa shape index (κ2) is 4.42. The molecule has 0 aliphatic carbocycles. The highest BCUT2D eigenvalue weighted by atomic mass is 16.5. The maximum atomic E-state index is 12.1. The summed E-state index contributed by atoms with van der Waals surface area (Å²) in [4.78, 5) is 18.7. The number of aryl methyl sites for hydroxylation is 1. The van der Waals surface area contributed by atoms with Gasteiger partial charge in [-0.05, 0) is 18.6 Å². The van der Waals surface area contributed by atoms with Crippen molar-refractivity contribution in [3.8, 4) is 0 Å². The fourth-order valence-corrected chi connectivity index (χ4v) is 2.15. The van der Waals surface area contributed by atoms with Gasteiger partial charge in [0.1, 0.15) is 11.5 Å². The van der Waals surface area contributed by atoms with Crippen molar-refractivity contribution in [2.75, 3.05) is 31.2 Å². The molecule has 0 spiro atoms. The molecule has 0 unspecified atom stereocenters. The van der Waals surface area contributed by atoms with E-state index in [9.17, 15) is 4.79 Å². The second-order valence-corrected chi connectivity index (χ2v) is 4.49. The Morgan fingerprint density at radius 3 is 2.83 bits per heavy atom. The van der Waals surface area contributed by atoms with Gasteiger partial charge >= 0.3 is 0 Å². The van der Waals surface area contributed by atoms with Crippen LogP contribution in [0.5, 0.6) is 0 Å². The van der Waals surface area contributed by atoms with E-state index in [2.05, 4.69) is 9.88 Å². The maximum absolute atomic E-state index is 12.1. The van der Waals surface area contributed by atoms with Crippen molar-refractivity contribution in [3.05, 3.63) is 40.3 Å². The number of fused-ring (bicyclic) bond motifs is 1. The van der Waals surface area contributed by atoms with Crippen LogP contribution in [0.1, 0.15) is 5.56 Å². The van der Waals surface area contributed by atoms with Crippen LogP contribution in [-0.4, -0.2) is 35.7 Å². The van der Waals surface area contributed by atoms with Crippen molar-refractivity contribution < 1.29 is 4.74 Å². The topological polar surface area (TPSA) is 46.8 Å². The highest BCUT2D eigenvalue weighted by Gasteiger charge is 2.13. The summed E-state index contributed by atoms with van der Waals surface area (Å²) in [5.41, 5.74) is 1.70. The minimum absolute atomic E-state index is 0.0369. The van der Waals surface area contributed by atoms with Gasteiger partial charge in [-0.15, -0.1) is 0 Å². The number of rotatable bonds is 1. The van der Waals surface area contributed by atoms with Gasteiger partial charge in [0.25, 0.3) is 5.56 Å². The van der Waals surface area contributed by atoms with Gasteiger partial charge in [-0.3, -0.25) is 9.20 Å². The quantitative estimate of drug-likeness (QED) is 0.747. The van der Waals surface area contributed by atoms with Crippen LogP contribution in [0.25, 0.3) is 5.65 Å². The molecule has 0 saturated carbocycles. The minimum Gasteiger partial charge on any atom is -0.378 e. The first-order chi connectivity index (χ1) is 8.74. The summed E-state index contributed by atoms with van der Waals surface area (Å²) < 4.78 is 6.88. The van der Waals surface area contributed by atoms with E-state index in [0.717, 1.165) is 24.5 Å².